The van der Waals surface area contributed by atoms with Crippen molar-refractivity contribution in [1.29, 1.82) is 0 Å². The molecule has 0 bridgehead atoms. The Balaban J connectivity index is 1.68. The minimum absolute atomic E-state index is 0.0573. The zero-order valence-electron chi connectivity index (χ0n) is 16.6. The predicted octanol–water partition coefficient (Wildman–Crippen LogP) is 7.70. The lowest BCUT2D eigenvalue weighted by Gasteiger charge is -2.41. The van der Waals surface area contributed by atoms with Gasteiger partial charge in [-0.1, -0.05) is 25.5 Å². The topological polar surface area (TPSA) is 0 Å². The molecule has 0 nitrogen and oxygen atoms in total. The van der Waals surface area contributed by atoms with E-state index >= 15 is 4.39 Å². The molecule has 28 heavy (non-hydrogen) atoms. The van der Waals surface area contributed by atoms with E-state index in [1.165, 1.54) is 25.0 Å². The molecule has 0 radical (unpaired) electrons. The number of hydrogen-bond acceptors (Lipinski definition) is 0. The maximum absolute atomic E-state index is 15.3. The van der Waals surface area contributed by atoms with Crippen molar-refractivity contribution < 1.29 is 13.2 Å². The summed E-state index contributed by atoms with van der Waals surface area (Å²) in [5.74, 6) is 0.0744. The summed E-state index contributed by atoms with van der Waals surface area (Å²) in [6.07, 6.45) is 9.33. The molecule has 2 aromatic carbocycles. The van der Waals surface area contributed by atoms with Gasteiger partial charge in [-0.25, -0.2) is 13.2 Å². The third kappa shape index (κ3) is 3.60. The second-order valence-electron chi connectivity index (χ2n) is 9.04. The Hall–Kier alpha value is -1.77. The van der Waals surface area contributed by atoms with Crippen LogP contribution >= 0.6 is 0 Å². The average molecular weight is 387 g/mol. The van der Waals surface area contributed by atoms with Gasteiger partial charge in [-0.2, -0.15) is 0 Å². The fourth-order valence-corrected chi connectivity index (χ4v) is 5.66. The first kappa shape index (κ1) is 19.5. The Morgan fingerprint density at radius 1 is 0.964 bits per heavy atom. The molecule has 3 heteroatoms. The minimum Gasteiger partial charge on any atom is -0.207 e. The van der Waals surface area contributed by atoms with Crippen LogP contribution in [0.4, 0.5) is 13.2 Å². The first-order chi connectivity index (χ1) is 13.5. The first-order valence-corrected chi connectivity index (χ1v) is 10.7. The van der Waals surface area contributed by atoms with Gasteiger partial charge < -0.3 is 0 Å². The number of aryl methyl sites for hydroxylation is 1. The summed E-state index contributed by atoms with van der Waals surface area (Å²) in [5.41, 5.74) is 0.857. The van der Waals surface area contributed by atoms with E-state index in [2.05, 4.69) is 13.5 Å². The van der Waals surface area contributed by atoms with Crippen molar-refractivity contribution in [2.24, 2.45) is 17.8 Å². The van der Waals surface area contributed by atoms with E-state index in [0.717, 1.165) is 37.2 Å². The summed E-state index contributed by atoms with van der Waals surface area (Å²) in [7, 11) is 0. The highest BCUT2D eigenvalue weighted by atomic mass is 19.1. The Labute approximate surface area is 165 Å². The molecule has 0 aromatic heterocycles. The molecule has 150 valence electrons. The van der Waals surface area contributed by atoms with Crippen molar-refractivity contribution in [3.05, 3.63) is 59.4 Å². The van der Waals surface area contributed by atoms with Crippen LogP contribution in [0.25, 0.3) is 10.8 Å². The lowest BCUT2D eigenvalue weighted by Crippen LogP contribution is -2.30. The standard InChI is InChI=1S/C25H29F3/c1-3-4-5-16-11-20-14-22(27)23(25(28)24(20)21(26)12-16)19-9-8-17-10-15(2)6-7-18(17)13-19/h3,11-12,14-15,17-19H,1,4-10,13H2,2H3/t15?,17-,18?,19-/m1/s1. The molecule has 2 aliphatic carbocycles. The zero-order valence-corrected chi connectivity index (χ0v) is 16.6. The van der Waals surface area contributed by atoms with E-state index in [9.17, 15) is 8.78 Å². The third-order valence-electron chi connectivity index (χ3n) is 7.10. The van der Waals surface area contributed by atoms with E-state index < -0.39 is 17.5 Å². The molecule has 0 spiro atoms. The van der Waals surface area contributed by atoms with Crippen LogP contribution in [0.3, 0.4) is 0 Å². The predicted molar refractivity (Wildman–Crippen MR) is 109 cm³/mol. The maximum Gasteiger partial charge on any atom is 0.140 e. The molecule has 0 N–H and O–H groups in total. The molecular weight excluding hydrogens is 357 g/mol. The van der Waals surface area contributed by atoms with Crippen molar-refractivity contribution in [3.63, 3.8) is 0 Å². The van der Waals surface area contributed by atoms with Gasteiger partial charge in [-0.05, 0) is 91.7 Å². The normalized spacial score (nSPS) is 27.6. The van der Waals surface area contributed by atoms with Crippen LogP contribution < -0.4 is 0 Å². The van der Waals surface area contributed by atoms with Crippen LogP contribution in [0.2, 0.25) is 0 Å². The summed E-state index contributed by atoms with van der Waals surface area (Å²) in [5, 5.41) is 0.260. The van der Waals surface area contributed by atoms with Crippen molar-refractivity contribution >= 4 is 10.8 Å². The van der Waals surface area contributed by atoms with Gasteiger partial charge in [0.05, 0.1) is 5.39 Å². The van der Waals surface area contributed by atoms with Crippen molar-refractivity contribution in [2.45, 2.75) is 64.2 Å². The first-order valence-electron chi connectivity index (χ1n) is 10.7. The molecule has 4 rings (SSSR count). The van der Waals surface area contributed by atoms with Crippen molar-refractivity contribution in [2.75, 3.05) is 0 Å². The van der Waals surface area contributed by atoms with Crippen molar-refractivity contribution in [3.8, 4) is 0 Å². The highest BCUT2D eigenvalue weighted by Crippen LogP contribution is 2.48. The minimum atomic E-state index is -0.685. The SMILES string of the molecule is C=CCCc1cc(F)c2c(F)c([C@@H]3CC[C@@H]4CC(C)CCC4C3)c(F)cc2c1. The molecule has 0 heterocycles. The Morgan fingerprint density at radius 2 is 1.71 bits per heavy atom. The number of fused-ring (bicyclic) bond motifs is 2. The quantitative estimate of drug-likeness (QED) is 0.472. The monoisotopic (exact) mass is 386 g/mol. The van der Waals surface area contributed by atoms with E-state index in [-0.39, 0.29) is 16.9 Å². The van der Waals surface area contributed by atoms with E-state index in [1.807, 2.05) is 0 Å². The Bertz CT molecular complexity index is 885. The van der Waals surface area contributed by atoms with Crippen LogP contribution in [-0.4, -0.2) is 0 Å². The lowest BCUT2D eigenvalue weighted by atomic mass is 9.64. The van der Waals surface area contributed by atoms with Crippen LogP contribution in [0.15, 0.2) is 30.9 Å². The summed E-state index contributed by atoms with van der Waals surface area (Å²) in [6, 6.07) is 4.43. The van der Waals surface area contributed by atoms with Gasteiger partial charge in [0.2, 0.25) is 0 Å². The smallest absolute Gasteiger partial charge is 0.140 e. The van der Waals surface area contributed by atoms with Gasteiger partial charge in [0.1, 0.15) is 17.5 Å². The molecule has 2 fully saturated rings. The number of rotatable bonds is 4. The maximum atomic E-state index is 15.3. The van der Waals surface area contributed by atoms with Gasteiger partial charge in [0, 0.05) is 5.56 Å². The summed E-state index contributed by atoms with van der Waals surface area (Å²) in [4.78, 5) is 0. The van der Waals surface area contributed by atoms with Gasteiger partial charge in [0.15, 0.2) is 0 Å². The van der Waals surface area contributed by atoms with Crippen LogP contribution in [0.5, 0.6) is 0 Å². The lowest BCUT2D eigenvalue weighted by molar-refractivity contribution is 0.123. The molecule has 0 saturated heterocycles. The highest BCUT2D eigenvalue weighted by Gasteiger charge is 2.37. The van der Waals surface area contributed by atoms with Crippen LogP contribution in [0.1, 0.15) is 68.9 Å². The summed E-state index contributed by atoms with van der Waals surface area (Å²) in [6.45, 7) is 5.97. The van der Waals surface area contributed by atoms with Crippen LogP contribution in [0, 0.1) is 35.2 Å². The number of hydrogen-bond donors (Lipinski definition) is 0. The van der Waals surface area contributed by atoms with Gasteiger partial charge >= 0.3 is 0 Å². The second kappa shape index (κ2) is 7.93. The van der Waals surface area contributed by atoms with E-state index in [1.54, 1.807) is 12.1 Å². The molecule has 4 atom stereocenters. The number of allylic oxidation sites excluding steroid dienone is 1. The molecule has 2 unspecified atom stereocenters. The molecule has 2 saturated carbocycles. The second-order valence-corrected chi connectivity index (χ2v) is 9.04. The fraction of sp³-hybridized carbons (Fsp3) is 0.520. The molecule has 2 aromatic rings. The van der Waals surface area contributed by atoms with Crippen molar-refractivity contribution in [1.82, 2.24) is 0 Å². The summed E-state index contributed by atoms with van der Waals surface area (Å²) < 4.78 is 45.1. The largest absolute Gasteiger partial charge is 0.207 e. The van der Waals surface area contributed by atoms with Crippen LogP contribution in [-0.2, 0) is 6.42 Å². The van der Waals surface area contributed by atoms with Gasteiger partial charge in [0.25, 0.3) is 0 Å². The molecule has 0 aliphatic heterocycles. The molecular formula is C25H29F3. The van der Waals surface area contributed by atoms with Gasteiger partial charge in [-0.15, -0.1) is 6.58 Å². The Morgan fingerprint density at radius 3 is 2.50 bits per heavy atom. The average Bonchev–Trinajstić information content (AvgIpc) is 2.65. The third-order valence-corrected chi connectivity index (χ3v) is 7.10. The van der Waals surface area contributed by atoms with E-state index in [4.69, 9.17) is 0 Å². The number of benzene rings is 2. The van der Waals surface area contributed by atoms with E-state index in [0.29, 0.717) is 30.1 Å². The fourth-order valence-electron chi connectivity index (χ4n) is 5.66. The summed E-state index contributed by atoms with van der Waals surface area (Å²) >= 11 is 0. The highest BCUT2D eigenvalue weighted by molar-refractivity contribution is 5.85. The number of halogens is 3. The van der Waals surface area contributed by atoms with Gasteiger partial charge in [-0.3, -0.25) is 0 Å². The zero-order chi connectivity index (χ0) is 19.8. The Kier molecular flexibility index (Phi) is 5.53. The molecule has 0 amide bonds. The molecule has 2 aliphatic rings.